The molecule has 0 amide bonds. The molecule has 8 heteroatoms. The van der Waals surface area contributed by atoms with E-state index >= 15 is 0 Å². The fourth-order valence-electron chi connectivity index (χ4n) is 1.30. The third-order valence-electron chi connectivity index (χ3n) is 2.09. The Hall–Kier alpha value is -0.850. The second-order valence-corrected chi connectivity index (χ2v) is 3.63. The Balaban J connectivity index is 0.00000256. The summed E-state index contributed by atoms with van der Waals surface area (Å²) in [6.45, 7) is 0.468. The Morgan fingerprint density at radius 2 is 2.06 bits per heavy atom. The van der Waals surface area contributed by atoms with Crippen molar-refractivity contribution in [2.24, 2.45) is 0 Å². The molecule has 0 aromatic carbocycles. The van der Waals surface area contributed by atoms with Crippen LogP contribution in [-0.2, 0) is 6.54 Å². The fourth-order valence-corrected chi connectivity index (χ4v) is 1.54. The van der Waals surface area contributed by atoms with Crippen molar-refractivity contribution < 1.29 is 4.39 Å². The first kappa shape index (κ1) is 16.1. The van der Waals surface area contributed by atoms with E-state index in [-0.39, 0.29) is 25.5 Å². The van der Waals surface area contributed by atoms with Crippen LogP contribution in [0.1, 0.15) is 5.56 Å². The van der Waals surface area contributed by atoms with Crippen molar-refractivity contribution in [3.05, 3.63) is 32.6 Å². The molecule has 0 bridgehead atoms. The van der Waals surface area contributed by atoms with E-state index in [1.54, 1.807) is 4.90 Å². The monoisotopic (exact) mass is 285 g/mol. The number of alkyl halides is 2. The third kappa shape index (κ3) is 5.34. The summed E-state index contributed by atoms with van der Waals surface area (Å²) < 4.78 is 12.2. The van der Waals surface area contributed by atoms with Gasteiger partial charge in [0.25, 0.3) is 5.56 Å². The lowest BCUT2D eigenvalue weighted by Crippen LogP contribution is -2.32. The Kier molecular flexibility index (Phi) is 7.86. The molecule has 0 unspecified atom stereocenters. The molecule has 1 aromatic heterocycles. The van der Waals surface area contributed by atoms with Gasteiger partial charge >= 0.3 is 5.69 Å². The summed E-state index contributed by atoms with van der Waals surface area (Å²) in [5.74, 6) is 0.362. The average molecular weight is 286 g/mol. The largest absolute Gasteiger partial charge is 0.325 e. The molecule has 1 aromatic rings. The highest BCUT2D eigenvalue weighted by Crippen LogP contribution is 1.98. The molecule has 0 fully saturated rings. The minimum atomic E-state index is -0.553. The predicted molar refractivity (Wildman–Crippen MR) is 66.9 cm³/mol. The molecule has 0 saturated heterocycles. The highest BCUT2D eigenvalue weighted by atomic mass is 35.5. The summed E-state index contributed by atoms with van der Waals surface area (Å²) in [4.78, 5) is 28.3. The van der Waals surface area contributed by atoms with Crippen molar-refractivity contribution in [2.75, 3.05) is 25.6 Å². The maximum Gasteiger partial charge on any atom is 0.325 e. The van der Waals surface area contributed by atoms with E-state index in [1.807, 2.05) is 0 Å². The van der Waals surface area contributed by atoms with Crippen molar-refractivity contribution in [1.82, 2.24) is 14.9 Å². The summed E-state index contributed by atoms with van der Waals surface area (Å²) in [6, 6.07) is 0. The van der Waals surface area contributed by atoms with E-state index < -0.39 is 17.9 Å². The Morgan fingerprint density at radius 1 is 1.35 bits per heavy atom. The van der Waals surface area contributed by atoms with E-state index in [4.69, 9.17) is 11.6 Å². The van der Waals surface area contributed by atoms with Crippen molar-refractivity contribution in [3.8, 4) is 0 Å². The first-order chi connectivity index (χ1) is 7.67. The van der Waals surface area contributed by atoms with Crippen LogP contribution >= 0.6 is 24.0 Å². The normalized spacial score (nSPS) is 10.3. The smallest absolute Gasteiger partial charge is 0.314 e. The van der Waals surface area contributed by atoms with Crippen LogP contribution in [0.5, 0.6) is 0 Å². The number of nitrogens with one attached hydrogen (secondary N) is 2. The van der Waals surface area contributed by atoms with Crippen LogP contribution < -0.4 is 11.2 Å². The molecule has 0 atom stereocenters. The topological polar surface area (TPSA) is 69.0 Å². The van der Waals surface area contributed by atoms with Gasteiger partial charge in [0.05, 0.1) is 0 Å². The molecule has 0 spiro atoms. The lowest BCUT2D eigenvalue weighted by atomic mass is 10.3. The van der Waals surface area contributed by atoms with Crippen LogP contribution in [0.25, 0.3) is 0 Å². The van der Waals surface area contributed by atoms with Crippen molar-refractivity contribution in [3.63, 3.8) is 0 Å². The third-order valence-corrected chi connectivity index (χ3v) is 2.26. The zero-order valence-corrected chi connectivity index (χ0v) is 10.6. The lowest BCUT2D eigenvalue weighted by Gasteiger charge is -2.18. The Bertz CT molecular complexity index is 429. The molecule has 0 aliphatic rings. The highest BCUT2D eigenvalue weighted by molar-refractivity contribution is 6.18. The number of halogens is 3. The summed E-state index contributed by atoms with van der Waals surface area (Å²) in [5.41, 5.74) is -0.622. The van der Waals surface area contributed by atoms with E-state index in [9.17, 15) is 14.0 Å². The van der Waals surface area contributed by atoms with Gasteiger partial charge in [-0.1, -0.05) is 0 Å². The Labute approximate surface area is 108 Å². The van der Waals surface area contributed by atoms with Gasteiger partial charge in [0.15, 0.2) is 0 Å². The van der Waals surface area contributed by atoms with Crippen LogP contribution in [0.2, 0.25) is 0 Å². The molecule has 98 valence electrons. The van der Waals surface area contributed by atoms with Gasteiger partial charge in [-0.15, -0.1) is 24.0 Å². The maximum absolute atomic E-state index is 12.2. The molecule has 0 aliphatic heterocycles. The summed E-state index contributed by atoms with van der Waals surface area (Å²) in [7, 11) is 0. The molecule has 1 rings (SSSR count). The van der Waals surface area contributed by atoms with Crippen LogP contribution in [0.4, 0.5) is 4.39 Å². The first-order valence-electron chi connectivity index (χ1n) is 4.82. The van der Waals surface area contributed by atoms with E-state index in [1.165, 1.54) is 6.20 Å². The van der Waals surface area contributed by atoms with Gasteiger partial charge in [-0.2, -0.15) is 0 Å². The lowest BCUT2D eigenvalue weighted by molar-refractivity contribution is 0.252. The first-order valence-corrected chi connectivity index (χ1v) is 5.36. The van der Waals surface area contributed by atoms with E-state index in [2.05, 4.69) is 9.97 Å². The number of H-pyrrole nitrogens is 2. The fraction of sp³-hybridized carbons (Fsp3) is 0.556. The molecule has 0 saturated carbocycles. The van der Waals surface area contributed by atoms with Gasteiger partial charge < -0.3 is 4.98 Å². The predicted octanol–water partition coefficient (Wildman–Crippen LogP) is 0.495. The SMILES string of the molecule is Cl.O=c1[nH]cc(CN(CCF)CCCl)c(=O)[nH]1. The average Bonchev–Trinajstić information content (AvgIpc) is 2.23. The number of hydrogen-bond acceptors (Lipinski definition) is 3. The molecular weight excluding hydrogens is 272 g/mol. The number of aromatic nitrogens is 2. The molecule has 1 heterocycles. The zero-order valence-electron chi connectivity index (χ0n) is 9.04. The molecule has 5 nitrogen and oxygen atoms in total. The van der Waals surface area contributed by atoms with Crippen LogP contribution in [0.3, 0.4) is 0 Å². The van der Waals surface area contributed by atoms with E-state index in [0.717, 1.165) is 0 Å². The summed E-state index contributed by atoms with van der Waals surface area (Å²) in [5, 5.41) is 0. The summed E-state index contributed by atoms with van der Waals surface area (Å²) in [6.07, 6.45) is 1.33. The van der Waals surface area contributed by atoms with Gasteiger partial charge in [-0.3, -0.25) is 14.7 Å². The number of aromatic amines is 2. The second-order valence-electron chi connectivity index (χ2n) is 3.25. The standard InChI is InChI=1S/C9H13ClFN3O2.ClH/c10-1-3-14(4-2-11)6-7-5-12-9(16)13-8(7)15;/h5H,1-4,6H2,(H2,12,13,15,16);1H. The molecule has 2 N–H and O–H groups in total. The van der Waals surface area contributed by atoms with Gasteiger partial charge in [0.1, 0.15) is 6.67 Å². The number of nitrogens with zero attached hydrogens (tertiary/aromatic N) is 1. The highest BCUT2D eigenvalue weighted by Gasteiger charge is 2.08. The van der Waals surface area contributed by atoms with Gasteiger partial charge in [0.2, 0.25) is 0 Å². The second kappa shape index (κ2) is 8.27. The molecule has 17 heavy (non-hydrogen) atoms. The van der Waals surface area contributed by atoms with E-state index in [0.29, 0.717) is 18.0 Å². The number of rotatable bonds is 6. The minimum absolute atomic E-state index is 0. The molecule has 0 aliphatic carbocycles. The van der Waals surface area contributed by atoms with Crippen molar-refractivity contribution in [1.29, 1.82) is 0 Å². The van der Waals surface area contributed by atoms with Crippen LogP contribution in [-0.4, -0.2) is 40.5 Å². The van der Waals surface area contributed by atoms with Crippen molar-refractivity contribution in [2.45, 2.75) is 6.54 Å². The van der Waals surface area contributed by atoms with Crippen LogP contribution in [0, 0.1) is 0 Å². The zero-order chi connectivity index (χ0) is 12.0. The van der Waals surface area contributed by atoms with Gasteiger partial charge in [-0.25, -0.2) is 9.18 Å². The van der Waals surface area contributed by atoms with Gasteiger partial charge in [0, 0.05) is 37.3 Å². The summed E-state index contributed by atoms with van der Waals surface area (Å²) >= 11 is 5.56. The van der Waals surface area contributed by atoms with Gasteiger partial charge in [-0.05, 0) is 0 Å². The Morgan fingerprint density at radius 3 is 2.59 bits per heavy atom. The molecular formula is C9H14Cl2FN3O2. The molecule has 0 radical (unpaired) electrons. The maximum atomic E-state index is 12.2. The quantitative estimate of drug-likeness (QED) is 0.748. The van der Waals surface area contributed by atoms with Crippen LogP contribution in [0.15, 0.2) is 15.8 Å². The minimum Gasteiger partial charge on any atom is -0.314 e. The van der Waals surface area contributed by atoms with Crippen molar-refractivity contribution >= 4 is 24.0 Å². The number of hydrogen-bond donors (Lipinski definition) is 2.